The summed E-state index contributed by atoms with van der Waals surface area (Å²) < 4.78 is 15.6. The average Bonchev–Trinajstić information content (AvgIpc) is 1.94. The van der Waals surface area contributed by atoms with Gasteiger partial charge in [0.2, 0.25) is 0 Å². The third-order valence-corrected chi connectivity index (χ3v) is 2.64. The van der Waals surface area contributed by atoms with Crippen LogP contribution in [0.3, 0.4) is 0 Å². The van der Waals surface area contributed by atoms with Crippen LogP contribution in [0.2, 0.25) is 0 Å². The van der Waals surface area contributed by atoms with E-state index < -0.39 is 6.37 Å². The van der Waals surface area contributed by atoms with Crippen molar-refractivity contribution in [3.05, 3.63) is 0 Å². The van der Waals surface area contributed by atoms with Crippen molar-refractivity contribution in [3.8, 4) is 0 Å². The lowest BCUT2D eigenvalue weighted by Gasteiger charge is -2.28. The second-order valence-corrected chi connectivity index (χ2v) is 3.89. The lowest BCUT2D eigenvalue weighted by molar-refractivity contribution is 0.234. The van der Waals surface area contributed by atoms with Gasteiger partial charge in [0.25, 0.3) is 0 Å². The van der Waals surface area contributed by atoms with Crippen molar-refractivity contribution < 1.29 is 2.74 Å². The van der Waals surface area contributed by atoms with Crippen LogP contribution in [0.15, 0.2) is 0 Å². The summed E-state index contributed by atoms with van der Waals surface area (Å²) in [5.74, 6) is 1.51. The van der Waals surface area contributed by atoms with Crippen molar-refractivity contribution in [2.24, 2.45) is 17.8 Å². The first-order valence-electron chi connectivity index (χ1n) is 5.43. The van der Waals surface area contributed by atoms with E-state index in [0.717, 1.165) is 12.8 Å². The molecule has 60 valence electrons. The van der Waals surface area contributed by atoms with Gasteiger partial charge in [0.05, 0.1) is 0 Å². The normalized spacial score (nSPS) is 42.8. The molecule has 0 radical (unpaired) electrons. The highest BCUT2D eigenvalue weighted by Gasteiger charge is 2.19. The number of hydrogen-bond acceptors (Lipinski definition) is 0. The molecule has 0 heteroatoms. The van der Waals surface area contributed by atoms with Gasteiger partial charge in [0.1, 0.15) is 0 Å². The summed E-state index contributed by atoms with van der Waals surface area (Å²) in [4.78, 5) is 0. The van der Waals surface area contributed by atoms with Gasteiger partial charge in [-0.15, -0.1) is 0 Å². The smallest absolute Gasteiger partial charge is 0.0269 e. The van der Waals surface area contributed by atoms with Crippen LogP contribution in [-0.4, -0.2) is 0 Å². The summed E-state index contributed by atoms with van der Waals surface area (Å²) in [5.41, 5.74) is 0. The molecule has 1 aliphatic carbocycles. The minimum absolute atomic E-state index is 0.257. The van der Waals surface area contributed by atoms with Gasteiger partial charge in [-0.25, -0.2) is 0 Å². The molecular weight excluding hydrogens is 120 g/mol. The molecule has 1 aliphatic rings. The molecule has 0 aromatic carbocycles. The Morgan fingerprint density at radius 2 is 2.00 bits per heavy atom. The van der Waals surface area contributed by atoms with Crippen LogP contribution in [-0.2, 0) is 0 Å². The zero-order valence-corrected chi connectivity index (χ0v) is 7.35. The Bertz CT molecular complexity index is 152. The van der Waals surface area contributed by atoms with Crippen molar-refractivity contribution in [3.63, 3.8) is 0 Å². The maximum absolute atomic E-state index is 7.82. The van der Waals surface area contributed by atoms with Crippen LogP contribution in [0.25, 0.3) is 0 Å². The lowest BCUT2D eigenvalue weighted by atomic mass is 9.78. The molecular formula is C10H20. The second-order valence-electron chi connectivity index (χ2n) is 3.89. The van der Waals surface area contributed by atoms with E-state index in [4.69, 9.17) is 2.74 Å². The molecule has 1 saturated carbocycles. The molecule has 2 atom stereocenters. The largest absolute Gasteiger partial charge is 0.0625 e. The zero-order valence-electron chi connectivity index (χ0n) is 9.35. The van der Waals surface area contributed by atoms with Crippen molar-refractivity contribution in [2.45, 2.75) is 46.4 Å². The predicted octanol–water partition coefficient (Wildman–Crippen LogP) is 3.47. The Hall–Kier alpha value is 0. The van der Waals surface area contributed by atoms with E-state index in [1.54, 1.807) is 0 Å². The molecule has 0 aliphatic heterocycles. The van der Waals surface area contributed by atoms with Crippen molar-refractivity contribution in [2.75, 3.05) is 0 Å². The highest BCUT2D eigenvalue weighted by molar-refractivity contribution is 4.71. The van der Waals surface area contributed by atoms with Gasteiger partial charge >= 0.3 is 0 Å². The molecule has 1 fully saturated rings. The summed E-state index contributed by atoms with van der Waals surface area (Å²) in [6.07, 6.45) is 2.15. The van der Waals surface area contributed by atoms with E-state index in [1.807, 2.05) is 6.92 Å². The van der Waals surface area contributed by atoms with E-state index in [2.05, 4.69) is 13.8 Å². The van der Waals surface area contributed by atoms with Gasteiger partial charge in [0.15, 0.2) is 0 Å². The van der Waals surface area contributed by atoms with Crippen molar-refractivity contribution in [1.29, 1.82) is 0 Å². The van der Waals surface area contributed by atoms with Crippen LogP contribution in [0.5, 0.6) is 0 Å². The first-order valence-corrected chi connectivity index (χ1v) is 4.43. The van der Waals surface area contributed by atoms with Crippen LogP contribution >= 0.6 is 0 Å². The number of rotatable bonds is 1. The van der Waals surface area contributed by atoms with E-state index in [1.165, 1.54) is 6.42 Å². The molecule has 2 unspecified atom stereocenters. The molecule has 0 nitrogen and oxygen atoms in total. The summed E-state index contributed by atoms with van der Waals surface area (Å²) in [6, 6.07) is 0. The third kappa shape index (κ3) is 2.00. The first kappa shape index (κ1) is 5.62. The maximum Gasteiger partial charge on any atom is 0.0269 e. The van der Waals surface area contributed by atoms with E-state index in [0.29, 0.717) is 11.8 Å². The highest BCUT2D eigenvalue weighted by atomic mass is 14.3. The Kier molecular flexibility index (Phi) is 1.92. The molecule has 0 aromatic rings. The lowest BCUT2D eigenvalue weighted by Crippen LogP contribution is -2.16. The minimum atomic E-state index is -0.910. The van der Waals surface area contributed by atoms with Crippen molar-refractivity contribution in [1.82, 2.24) is 0 Å². The Morgan fingerprint density at radius 1 is 1.30 bits per heavy atom. The molecule has 0 aromatic heterocycles. The SMILES string of the molecule is [2H]C1([2H])CC(C(C)C)CCC1C. The first-order chi connectivity index (χ1) is 5.43. The molecule has 0 N–H and O–H groups in total. The second kappa shape index (κ2) is 3.41. The van der Waals surface area contributed by atoms with E-state index in [-0.39, 0.29) is 5.92 Å². The van der Waals surface area contributed by atoms with Gasteiger partial charge in [-0.3, -0.25) is 0 Å². The molecule has 0 spiro atoms. The quantitative estimate of drug-likeness (QED) is 0.526. The molecule has 10 heavy (non-hydrogen) atoms. The topological polar surface area (TPSA) is 0 Å². The number of hydrogen-bond donors (Lipinski definition) is 0. The molecule has 1 rings (SSSR count). The fraction of sp³-hybridized carbons (Fsp3) is 1.00. The minimum Gasteiger partial charge on any atom is -0.0625 e. The average molecular weight is 142 g/mol. The van der Waals surface area contributed by atoms with Crippen LogP contribution in [0, 0.1) is 17.8 Å². The predicted molar refractivity (Wildman–Crippen MR) is 46.0 cm³/mol. The Balaban J connectivity index is 2.57. The standard InChI is InChI=1S/C10H20/c1-8(2)10-6-4-9(3)5-7-10/h8-10H,4-7H2,1-3H3/i4D2. The van der Waals surface area contributed by atoms with Crippen LogP contribution in [0.1, 0.15) is 49.1 Å². The highest BCUT2D eigenvalue weighted by Crippen LogP contribution is 2.32. The third-order valence-electron chi connectivity index (χ3n) is 2.64. The maximum atomic E-state index is 7.82. The monoisotopic (exact) mass is 142 g/mol. The Labute approximate surface area is 67.8 Å². The van der Waals surface area contributed by atoms with Gasteiger partial charge in [-0.1, -0.05) is 33.6 Å². The molecule has 0 heterocycles. The van der Waals surface area contributed by atoms with Crippen LogP contribution < -0.4 is 0 Å². The van der Waals surface area contributed by atoms with Crippen molar-refractivity contribution >= 4 is 0 Å². The van der Waals surface area contributed by atoms with Crippen LogP contribution in [0.4, 0.5) is 0 Å². The van der Waals surface area contributed by atoms with Gasteiger partial charge < -0.3 is 0 Å². The summed E-state index contributed by atoms with van der Waals surface area (Å²) in [5, 5.41) is 0. The molecule has 0 bridgehead atoms. The zero-order chi connectivity index (χ0) is 9.35. The van der Waals surface area contributed by atoms with Gasteiger partial charge in [-0.05, 0) is 30.6 Å². The molecule has 0 saturated heterocycles. The summed E-state index contributed by atoms with van der Waals surface area (Å²) in [6.45, 7) is 6.45. The fourth-order valence-electron chi connectivity index (χ4n) is 1.59. The fourth-order valence-corrected chi connectivity index (χ4v) is 1.59. The van der Waals surface area contributed by atoms with E-state index >= 15 is 0 Å². The summed E-state index contributed by atoms with van der Waals surface area (Å²) in [7, 11) is 0. The van der Waals surface area contributed by atoms with Gasteiger partial charge in [-0.2, -0.15) is 0 Å². The summed E-state index contributed by atoms with van der Waals surface area (Å²) >= 11 is 0. The Morgan fingerprint density at radius 3 is 2.50 bits per heavy atom. The van der Waals surface area contributed by atoms with Gasteiger partial charge in [0, 0.05) is 2.74 Å². The molecule has 0 amide bonds. The van der Waals surface area contributed by atoms with E-state index in [9.17, 15) is 0 Å².